The average Bonchev–Trinajstić information content (AvgIpc) is 3.01. The first-order valence-electron chi connectivity index (χ1n) is 11.0. The minimum atomic E-state index is -2.13. The first-order chi connectivity index (χ1) is 12.6. The maximum Gasteiger partial charge on any atom is 0.306 e. The Morgan fingerprint density at radius 2 is 1.50 bits per heavy atom. The number of hydrogen-bond donors (Lipinski definition) is 0. The second-order valence-electron chi connectivity index (χ2n) is 11.5. The molecule has 0 aromatic carbocycles. The molecule has 0 saturated heterocycles. The largest absolute Gasteiger partial charge is 0.462 e. The summed E-state index contributed by atoms with van der Waals surface area (Å²) in [7, 11) is -3.95. The molecule has 0 aromatic rings. The van der Waals surface area contributed by atoms with Crippen molar-refractivity contribution in [3.8, 4) is 0 Å². The quantitative estimate of drug-likeness (QED) is 0.311. The van der Waals surface area contributed by atoms with E-state index in [-0.39, 0.29) is 28.1 Å². The molecule has 166 valence electrons. The molecule has 0 bridgehead atoms. The fourth-order valence-electron chi connectivity index (χ4n) is 2.92. The highest BCUT2D eigenvalue weighted by atomic mass is 28.4. The molecule has 0 spiro atoms. The second-order valence-corrected chi connectivity index (χ2v) is 20.9. The molecule has 4 nitrogen and oxygen atoms in total. The molecule has 0 N–H and O–H groups in total. The van der Waals surface area contributed by atoms with E-state index in [0.717, 1.165) is 12.8 Å². The fraction of sp³-hybridized carbons (Fsp3) is 0.955. The number of ether oxygens (including phenoxy) is 1. The first kappa shape index (κ1) is 25.9. The molecular formula is C22H46O4Si2. The summed E-state index contributed by atoms with van der Waals surface area (Å²) in [4.78, 5) is 12.2. The normalized spacial score (nSPS) is 20.1. The third-order valence-corrected chi connectivity index (χ3v) is 16.3. The molecule has 0 heterocycles. The molecule has 1 saturated carbocycles. The molecule has 1 rings (SSSR count). The van der Waals surface area contributed by atoms with Crippen molar-refractivity contribution in [3.05, 3.63) is 0 Å². The van der Waals surface area contributed by atoms with Crippen molar-refractivity contribution >= 4 is 22.6 Å². The lowest BCUT2D eigenvalue weighted by molar-refractivity contribution is -0.150. The van der Waals surface area contributed by atoms with Crippen LogP contribution < -0.4 is 0 Å². The van der Waals surface area contributed by atoms with E-state index < -0.39 is 16.6 Å². The average molecular weight is 431 g/mol. The Balaban J connectivity index is 2.61. The number of hydrogen-bond acceptors (Lipinski definition) is 4. The lowest BCUT2D eigenvalue weighted by Crippen LogP contribution is -2.54. The van der Waals surface area contributed by atoms with E-state index in [1.165, 1.54) is 12.8 Å². The van der Waals surface area contributed by atoms with E-state index >= 15 is 0 Å². The molecule has 1 aliphatic carbocycles. The summed E-state index contributed by atoms with van der Waals surface area (Å²) in [5.41, 5.74) is 0. The summed E-state index contributed by atoms with van der Waals surface area (Å²) < 4.78 is 18.7. The predicted molar refractivity (Wildman–Crippen MR) is 123 cm³/mol. The summed E-state index contributed by atoms with van der Waals surface area (Å²) in [6.45, 7) is 23.1. The molecule has 2 unspecified atom stereocenters. The number of carbonyl (C=O) groups is 1. The van der Waals surface area contributed by atoms with E-state index in [9.17, 15) is 4.79 Å². The van der Waals surface area contributed by atoms with Gasteiger partial charge in [0.15, 0.2) is 8.32 Å². The smallest absolute Gasteiger partial charge is 0.306 e. The number of rotatable bonds is 9. The van der Waals surface area contributed by atoms with Crippen molar-refractivity contribution in [2.24, 2.45) is 5.92 Å². The van der Waals surface area contributed by atoms with Gasteiger partial charge < -0.3 is 13.6 Å². The van der Waals surface area contributed by atoms with Crippen molar-refractivity contribution in [3.63, 3.8) is 0 Å². The monoisotopic (exact) mass is 430 g/mol. The first-order valence-corrected chi connectivity index (χ1v) is 16.6. The van der Waals surface area contributed by atoms with Crippen LogP contribution in [0.15, 0.2) is 0 Å². The predicted octanol–water partition coefficient (Wildman–Crippen LogP) is 6.45. The van der Waals surface area contributed by atoms with Gasteiger partial charge in [-0.25, -0.2) is 0 Å². The lowest BCUT2D eigenvalue weighted by atomic mass is 10.1. The maximum absolute atomic E-state index is 12.2. The van der Waals surface area contributed by atoms with E-state index in [4.69, 9.17) is 13.6 Å². The highest BCUT2D eigenvalue weighted by Crippen LogP contribution is 2.41. The summed E-state index contributed by atoms with van der Waals surface area (Å²) >= 11 is 0. The van der Waals surface area contributed by atoms with E-state index in [1.54, 1.807) is 0 Å². The topological polar surface area (TPSA) is 44.8 Å². The van der Waals surface area contributed by atoms with Gasteiger partial charge in [0.2, 0.25) is 8.32 Å². The van der Waals surface area contributed by atoms with Crippen molar-refractivity contribution in [2.75, 3.05) is 12.8 Å². The highest BCUT2D eigenvalue weighted by molar-refractivity contribution is 6.78. The number of carbonyl (C=O) groups excluding carboxylic acids is 1. The maximum atomic E-state index is 12.2. The summed E-state index contributed by atoms with van der Waals surface area (Å²) in [5.74, 6) is 0.0931. The zero-order valence-electron chi connectivity index (χ0n) is 20.2. The van der Waals surface area contributed by atoms with Crippen LogP contribution in [0.1, 0.15) is 80.6 Å². The van der Waals surface area contributed by atoms with Crippen LogP contribution in [0.3, 0.4) is 0 Å². The van der Waals surface area contributed by atoms with Gasteiger partial charge in [0.1, 0.15) is 6.10 Å². The van der Waals surface area contributed by atoms with Crippen LogP contribution in [-0.2, 0) is 18.4 Å². The lowest BCUT2D eigenvalue weighted by Gasteiger charge is -2.44. The molecule has 0 radical (unpaired) electrons. The van der Waals surface area contributed by atoms with Crippen LogP contribution in [-0.4, -0.2) is 41.5 Å². The second kappa shape index (κ2) is 9.75. The van der Waals surface area contributed by atoms with Crippen LogP contribution >= 0.6 is 0 Å². The summed E-state index contributed by atoms with van der Waals surface area (Å²) in [6, 6.07) is 0. The van der Waals surface area contributed by atoms with Gasteiger partial charge in [0.25, 0.3) is 0 Å². The Bertz CT molecular complexity index is 502. The van der Waals surface area contributed by atoms with Gasteiger partial charge in [-0.1, -0.05) is 48.5 Å². The molecule has 6 heteroatoms. The van der Waals surface area contributed by atoms with E-state index in [1.807, 2.05) is 0 Å². The minimum absolute atomic E-state index is 0.0689. The SMILES string of the molecule is CC(CO[Si](C)(CO[Si](C)(C)C(C)(C)C)C(C)(C)C)CC(=O)OC1CCCC1. The zero-order chi connectivity index (χ0) is 21.8. The molecule has 0 aromatic heterocycles. The molecule has 0 amide bonds. The van der Waals surface area contributed by atoms with Crippen molar-refractivity contribution in [2.45, 2.75) is 116 Å². The van der Waals surface area contributed by atoms with Gasteiger partial charge in [-0.05, 0) is 61.3 Å². The van der Waals surface area contributed by atoms with Crippen LogP contribution in [0.25, 0.3) is 0 Å². The van der Waals surface area contributed by atoms with Gasteiger partial charge in [0.05, 0.1) is 12.7 Å². The Morgan fingerprint density at radius 3 is 1.96 bits per heavy atom. The molecule has 28 heavy (non-hydrogen) atoms. The Labute approximate surface area is 176 Å². The van der Waals surface area contributed by atoms with Gasteiger partial charge in [-0.15, -0.1) is 0 Å². The molecule has 2 atom stereocenters. The molecule has 1 fully saturated rings. The van der Waals surface area contributed by atoms with Gasteiger partial charge >= 0.3 is 5.97 Å². The third kappa shape index (κ3) is 7.58. The Hall–Kier alpha value is -0.176. The van der Waals surface area contributed by atoms with E-state index in [0.29, 0.717) is 19.3 Å². The van der Waals surface area contributed by atoms with E-state index in [2.05, 4.69) is 68.1 Å². The van der Waals surface area contributed by atoms with Crippen LogP contribution in [0.4, 0.5) is 0 Å². The van der Waals surface area contributed by atoms with Crippen molar-refractivity contribution < 1.29 is 18.4 Å². The highest BCUT2D eigenvalue weighted by Gasteiger charge is 2.46. The Morgan fingerprint density at radius 1 is 0.964 bits per heavy atom. The fourth-order valence-corrected chi connectivity index (χ4v) is 7.50. The van der Waals surface area contributed by atoms with Gasteiger partial charge in [-0.3, -0.25) is 4.79 Å². The third-order valence-electron chi connectivity index (χ3n) is 6.90. The van der Waals surface area contributed by atoms with Crippen LogP contribution in [0.2, 0.25) is 29.7 Å². The molecule has 0 aliphatic heterocycles. The van der Waals surface area contributed by atoms with Crippen LogP contribution in [0.5, 0.6) is 0 Å². The molecule has 1 aliphatic rings. The summed E-state index contributed by atoms with van der Waals surface area (Å²) in [5, 5.41) is 0.261. The van der Waals surface area contributed by atoms with Crippen molar-refractivity contribution in [1.82, 2.24) is 0 Å². The van der Waals surface area contributed by atoms with Gasteiger partial charge in [0, 0.05) is 6.61 Å². The van der Waals surface area contributed by atoms with Crippen molar-refractivity contribution in [1.29, 1.82) is 0 Å². The van der Waals surface area contributed by atoms with Crippen LogP contribution in [0, 0.1) is 5.92 Å². The molecular weight excluding hydrogens is 384 g/mol. The minimum Gasteiger partial charge on any atom is -0.462 e. The summed E-state index contributed by atoms with van der Waals surface area (Å²) in [6.07, 6.45) is 5.71. The standard InChI is InChI=1S/C22H46O4Si2/c1-18(15-20(23)26-19-13-11-12-14-19)16-24-28(10,22(5,6)7)17-25-27(8,9)21(2,3)4/h18-19H,11-17H2,1-10H3. The zero-order valence-corrected chi connectivity index (χ0v) is 22.2. The number of esters is 1. The van der Waals surface area contributed by atoms with Gasteiger partial charge in [-0.2, -0.15) is 0 Å². The Kier molecular flexibility index (Phi) is 9.01.